The highest BCUT2D eigenvalue weighted by molar-refractivity contribution is 6.14. The topological polar surface area (TPSA) is 62.0 Å². The van der Waals surface area contributed by atoms with E-state index >= 15 is 0 Å². The molecule has 0 aliphatic heterocycles. The fraction of sp³-hybridized carbons (Fsp3) is 0.111. The van der Waals surface area contributed by atoms with Gasteiger partial charge in [0, 0.05) is 22.3 Å². The monoisotopic (exact) mass is 310 g/mol. The van der Waals surface area contributed by atoms with Gasteiger partial charge < -0.3 is 10.3 Å². The molecule has 4 nitrogen and oxygen atoms in total. The Labute approximate surface area is 132 Å². The van der Waals surface area contributed by atoms with Gasteiger partial charge in [-0.2, -0.15) is 0 Å². The summed E-state index contributed by atoms with van der Waals surface area (Å²) in [5, 5.41) is 3.31. The van der Waals surface area contributed by atoms with Crippen molar-refractivity contribution in [1.29, 1.82) is 0 Å². The van der Waals surface area contributed by atoms with Gasteiger partial charge in [-0.25, -0.2) is 4.39 Å². The van der Waals surface area contributed by atoms with Crippen LogP contribution in [0.3, 0.4) is 0 Å². The maximum Gasteiger partial charge on any atom is 0.258 e. The first kappa shape index (κ1) is 15.0. The van der Waals surface area contributed by atoms with Crippen LogP contribution in [0.25, 0.3) is 10.9 Å². The normalized spacial score (nSPS) is 10.7. The summed E-state index contributed by atoms with van der Waals surface area (Å²) in [4.78, 5) is 26.7. The van der Waals surface area contributed by atoms with Crippen molar-refractivity contribution in [2.24, 2.45) is 0 Å². The van der Waals surface area contributed by atoms with Gasteiger partial charge in [-0.3, -0.25) is 9.59 Å². The van der Waals surface area contributed by atoms with E-state index in [0.717, 1.165) is 0 Å². The zero-order valence-corrected chi connectivity index (χ0v) is 12.7. The van der Waals surface area contributed by atoms with Gasteiger partial charge in [0.05, 0.1) is 11.1 Å². The molecule has 1 heterocycles. The fourth-order valence-electron chi connectivity index (χ4n) is 2.59. The van der Waals surface area contributed by atoms with Gasteiger partial charge in [-0.1, -0.05) is 12.1 Å². The molecular formula is C18H15FN2O2. The first-order valence-corrected chi connectivity index (χ1v) is 7.16. The summed E-state index contributed by atoms with van der Waals surface area (Å²) in [6.07, 6.45) is 0. The Kier molecular flexibility index (Phi) is 3.70. The summed E-state index contributed by atoms with van der Waals surface area (Å²) in [7, 11) is 0. The van der Waals surface area contributed by atoms with E-state index in [-0.39, 0.29) is 11.7 Å². The highest BCUT2D eigenvalue weighted by Gasteiger charge is 2.18. The number of hydrogen-bond acceptors (Lipinski definition) is 2. The lowest BCUT2D eigenvalue weighted by atomic mass is 10.1. The number of Topliss-reactive ketones (excluding diaryl/α,β-unsaturated/α-hetero) is 1. The van der Waals surface area contributed by atoms with Gasteiger partial charge >= 0.3 is 0 Å². The number of halogens is 1. The summed E-state index contributed by atoms with van der Waals surface area (Å²) in [6, 6.07) is 11.3. The number of rotatable bonds is 3. The molecule has 0 aliphatic rings. The Balaban J connectivity index is 1.93. The number of carbonyl (C=O) groups is 2. The Morgan fingerprint density at radius 3 is 2.43 bits per heavy atom. The third-order valence-electron chi connectivity index (χ3n) is 3.75. The van der Waals surface area contributed by atoms with E-state index in [1.807, 2.05) is 0 Å². The molecule has 116 valence electrons. The van der Waals surface area contributed by atoms with Crippen molar-refractivity contribution in [2.45, 2.75) is 13.8 Å². The zero-order chi connectivity index (χ0) is 16.6. The standard InChI is InChI=1S/C18H15FN2O2/c1-10-16(14-4-3-5-15(19)17(14)20-10)18(23)21-13-8-6-12(7-9-13)11(2)22/h3-9,20H,1-2H3,(H,21,23). The van der Waals surface area contributed by atoms with Crippen molar-refractivity contribution < 1.29 is 14.0 Å². The minimum Gasteiger partial charge on any atom is -0.356 e. The minimum atomic E-state index is -0.393. The van der Waals surface area contributed by atoms with E-state index in [4.69, 9.17) is 0 Å². The largest absolute Gasteiger partial charge is 0.356 e. The number of aromatic nitrogens is 1. The zero-order valence-electron chi connectivity index (χ0n) is 12.7. The number of aryl methyl sites for hydroxylation is 1. The van der Waals surface area contributed by atoms with Gasteiger partial charge in [0.1, 0.15) is 5.82 Å². The van der Waals surface area contributed by atoms with Crippen molar-refractivity contribution in [2.75, 3.05) is 5.32 Å². The summed E-state index contributed by atoms with van der Waals surface area (Å²) >= 11 is 0. The highest BCUT2D eigenvalue weighted by atomic mass is 19.1. The molecule has 1 aromatic heterocycles. The number of aromatic amines is 1. The Morgan fingerprint density at radius 2 is 1.78 bits per heavy atom. The molecule has 2 aromatic carbocycles. The van der Waals surface area contributed by atoms with Crippen LogP contribution >= 0.6 is 0 Å². The van der Waals surface area contributed by atoms with Crippen LogP contribution in [0.2, 0.25) is 0 Å². The van der Waals surface area contributed by atoms with Gasteiger partial charge in [0.15, 0.2) is 5.78 Å². The number of benzene rings is 2. The second kappa shape index (κ2) is 5.68. The quantitative estimate of drug-likeness (QED) is 0.716. The summed E-state index contributed by atoms with van der Waals surface area (Å²) in [5.74, 6) is -0.754. The van der Waals surface area contributed by atoms with E-state index in [0.29, 0.717) is 33.4 Å². The molecule has 0 saturated heterocycles. The fourth-order valence-corrected chi connectivity index (χ4v) is 2.59. The number of H-pyrrole nitrogens is 1. The molecule has 0 radical (unpaired) electrons. The first-order chi connectivity index (χ1) is 11.0. The minimum absolute atomic E-state index is 0.0363. The van der Waals surface area contributed by atoms with Crippen LogP contribution in [0.15, 0.2) is 42.5 Å². The lowest BCUT2D eigenvalue weighted by Crippen LogP contribution is -2.12. The molecule has 3 rings (SSSR count). The number of para-hydroxylation sites is 1. The average molecular weight is 310 g/mol. The number of fused-ring (bicyclic) bond motifs is 1. The summed E-state index contributed by atoms with van der Waals surface area (Å²) in [6.45, 7) is 3.21. The molecular weight excluding hydrogens is 295 g/mol. The van der Waals surface area contributed by atoms with Crippen LogP contribution in [-0.2, 0) is 0 Å². The molecule has 0 atom stereocenters. The lowest BCUT2D eigenvalue weighted by molar-refractivity contribution is 0.101. The molecule has 3 aromatic rings. The first-order valence-electron chi connectivity index (χ1n) is 7.16. The van der Waals surface area contributed by atoms with Crippen molar-refractivity contribution in [1.82, 2.24) is 4.98 Å². The van der Waals surface area contributed by atoms with Crippen LogP contribution in [0.1, 0.15) is 33.3 Å². The Morgan fingerprint density at radius 1 is 1.09 bits per heavy atom. The van der Waals surface area contributed by atoms with E-state index in [9.17, 15) is 14.0 Å². The highest BCUT2D eigenvalue weighted by Crippen LogP contribution is 2.25. The maximum absolute atomic E-state index is 13.8. The third-order valence-corrected chi connectivity index (χ3v) is 3.75. The number of amides is 1. The van der Waals surface area contributed by atoms with E-state index in [1.54, 1.807) is 43.3 Å². The van der Waals surface area contributed by atoms with E-state index in [2.05, 4.69) is 10.3 Å². The molecule has 5 heteroatoms. The number of hydrogen-bond donors (Lipinski definition) is 2. The van der Waals surface area contributed by atoms with Gasteiger partial charge in [-0.15, -0.1) is 0 Å². The molecule has 0 fully saturated rings. The van der Waals surface area contributed by atoms with Gasteiger partial charge in [-0.05, 0) is 44.2 Å². The lowest BCUT2D eigenvalue weighted by Gasteiger charge is -2.06. The van der Waals surface area contributed by atoms with Crippen LogP contribution in [0.5, 0.6) is 0 Å². The molecule has 2 N–H and O–H groups in total. The summed E-state index contributed by atoms with van der Waals surface area (Å²) < 4.78 is 13.8. The SMILES string of the molecule is CC(=O)c1ccc(NC(=O)c2c(C)[nH]c3c(F)cccc23)cc1. The molecule has 0 spiro atoms. The Hall–Kier alpha value is -2.95. The molecule has 1 amide bonds. The van der Waals surface area contributed by atoms with Crippen LogP contribution < -0.4 is 5.32 Å². The van der Waals surface area contributed by atoms with E-state index in [1.165, 1.54) is 13.0 Å². The molecule has 23 heavy (non-hydrogen) atoms. The van der Waals surface area contributed by atoms with Crippen LogP contribution in [0.4, 0.5) is 10.1 Å². The predicted octanol–water partition coefficient (Wildman–Crippen LogP) is 4.07. The maximum atomic E-state index is 13.8. The number of ketones is 1. The van der Waals surface area contributed by atoms with Gasteiger partial charge in [0.25, 0.3) is 5.91 Å². The molecule has 0 aliphatic carbocycles. The second-order valence-electron chi connectivity index (χ2n) is 5.38. The number of anilines is 1. The van der Waals surface area contributed by atoms with Crippen LogP contribution in [0, 0.1) is 12.7 Å². The van der Waals surface area contributed by atoms with Gasteiger partial charge in [0.2, 0.25) is 0 Å². The third kappa shape index (κ3) is 2.73. The van der Waals surface area contributed by atoms with Crippen LogP contribution in [-0.4, -0.2) is 16.7 Å². The molecule has 0 saturated carbocycles. The smallest absolute Gasteiger partial charge is 0.258 e. The predicted molar refractivity (Wildman–Crippen MR) is 87.4 cm³/mol. The van der Waals surface area contributed by atoms with E-state index < -0.39 is 5.82 Å². The number of carbonyl (C=O) groups excluding carboxylic acids is 2. The summed E-state index contributed by atoms with van der Waals surface area (Å²) in [5.41, 5.74) is 2.48. The number of nitrogens with one attached hydrogen (secondary N) is 2. The molecule has 0 unspecified atom stereocenters. The molecule has 0 bridgehead atoms. The second-order valence-corrected chi connectivity index (χ2v) is 5.38. The van der Waals surface area contributed by atoms with Crippen molar-refractivity contribution >= 4 is 28.3 Å². The average Bonchev–Trinajstić information content (AvgIpc) is 2.85. The Bertz CT molecular complexity index is 911. The van der Waals surface area contributed by atoms with Crippen molar-refractivity contribution in [3.63, 3.8) is 0 Å². The van der Waals surface area contributed by atoms with Crippen molar-refractivity contribution in [3.05, 3.63) is 65.1 Å². The van der Waals surface area contributed by atoms with Crippen molar-refractivity contribution in [3.8, 4) is 0 Å².